The normalized spacial score (nSPS) is 11.8. The van der Waals surface area contributed by atoms with E-state index in [1.165, 1.54) is 43.7 Å². The first-order valence-electron chi connectivity index (χ1n) is 19.8. The van der Waals surface area contributed by atoms with Crippen molar-refractivity contribution in [2.45, 2.75) is 0 Å². The highest BCUT2D eigenvalue weighted by molar-refractivity contribution is 6.15. The topological polar surface area (TPSA) is 26.2 Å². The summed E-state index contributed by atoms with van der Waals surface area (Å²) in [6.07, 6.45) is 0. The molecule has 272 valence electrons. The molecule has 4 nitrogen and oxygen atoms in total. The zero-order valence-corrected chi connectivity index (χ0v) is 31.5. The van der Waals surface area contributed by atoms with Crippen molar-refractivity contribution in [2.24, 2.45) is 0 Å². The molecule has 0 aliphatic carbocycles. The Labute approximate surface area is 334 Å². The van der Waals surface area contributed by atoms with E-state index in [0.29, 0.717) is 0 Å². The molecular formula is C54H35N3O. The minimum absolute atomic E-state index is 0.864. The molecule has 0 amide bonds. The summed E-state index contributed by atoms with van der Waals surface area (Å²) >= 11 is 0. The van der Waals surface area contributed by atoms with E-state index in [1.54, 1.807) is 0 Å². The maximum Gasteiger partial charge on any atom is 0.137 e. The molecule has 3 aromatic heterocycles. The van der Waals surface area contributed by atoms with Gasteiger partial charge >= 0.3 is 0 Å². The van der Waals surface area contributed by atoms with Crippen molar-refractivity contribution < 1.29 is 4.42 Å². The number of furan rings is 1. The molecule has 0 atom stereocenters. The Kier molecular flexibility index (Phi) is 7.20. The van der Waals surface area contributed by atoms with E-state index >= 15 is 0 Å². The van der Waals surface area contributed by atoms with Crippen LogP contribution in [0.25, 0.3) is 88.1 Å². The van der Waals surface area contributed by atoms with E-state index in [1.807, 2.05) is 6.07 Å². The van der Waals surface area contributed by atoms with Crippen LogP contribution in [-0.4, -0.2) is 9.13 Å². The summed E-state index contributed by atoms with van der Waals surface area (Å²) in [4.78, 5) is 2.38. The summed E-state index contributed by atoms with van der Waals surface area (Å²) < 4.78 is 11.2. The van der Waals surface area contributed by atoms with Crippen LogP contribution in [-0.2, 0) is 0 Å². The number of nitrogens with zero attached hydrogens (tertiary/aromatic N) is 3. The van der Waals surface area contributed by atoms with E-state index in [4.69, 9.17) is 4.42 Å². The highest BCUT2D eigenvalue weighted by atomic mass is 16.3. The Morgan fingerprint density at radius 3 is 1.47 bits per heavy atom. The Balaban J connectivity index is 1.01. The summed E-state index contributed by atoms with van der Waals surface area (Å²) in [6, 6.07) is 76.2. The van der Waals surface area contributed by atoms with Crippen molar-refractivity contribution in [3.8, 4) is 22.5 Å². The second-order valence-electron chi connectivity index (χ2n) is 14.9. The van der Waals surface area contributed by atoms with E-state index in [0.717, 1.165) is 61.5 Å². The molecule has 0 unspecified atom stereocenters. The number of para-hydroxylation sites is 5. The van der Waals surface area contributed by atoms with Gasteiger partial charge in [0.25, 0.3) is 0 Å². The van der Waals surface area contributed by atoms with Crippen molar-refractivity contribution in [3.05, 3.63) is 212 Å². The van der Waals surface area contributed by atoms with Crippen LogP contribution in [0, 0.1) is 0 Å². The fourth-order valence-electron chi connectivity index (χ4n) is 9.13. The van der Waals surface area contributed by atoms with Gasteiger partial charge in [0.2, 0.25) is 0 Å². The van der Waals surface area contributed by atoms with Gasteiger partial charge in [0.1, 0.15) is 11.2 Å². The number of hydrogen-bond acceptors (Lipinski definition) is 2. The van der Waals surface area contributed by atoms with Gasteiger partial charge < -0.3 is 18.5 Å². The SMILES string of the molecule is c1ccc(-n2c3ccccc3c3ccc(N(c4ccc(-c5ccc(-n6c7ccccc7c7ccccc76)cc5)cc4)c4cccc5oc6ccccc6c45)cc32)cc1. The Bertz CT molecular complexity index is 3440. The monoisotopic (exact) mass is 741 g/mol. The van der Waals surface area contributed by atoms with Crippen molar-refractivity contribution in [3.63, 3.8) is 0 Å². The van der Waals surface area contributed by atoms with E-state index in [-0.39, 0.29) is 0 Å². The molecular weight excluding hydrogens is 707 g/mol. The number of benzene rings is 9. The van der Waals surface area contributed by atoms with Gasteiger partial charge in [0.15, 0.2) is 0 Å². The highest BCUT2D eigenvalue weighted by Gasteiger charge is 2.21. The fourth-order valence-corrected chi connectivity index (χ4v) is 9.13. The third-order valence-corrected chi connectivity index (χ3v) is 11.7. The van der Waals surface area contributed by atoms with Crippen LogP contribution in [0.3, 0.4) is 0 Å². The summed E-state index contributed by atoms with van der Waals surface area (Å²) in [5.74, 6) is 0. The molecule has 0 saturated heterocycles. The number of hydrogen-bond donors (Lipinski definition) is 0. The minimum atomic E-state index is 0.864. The molecule has 12 rings (SSSR count). The van der Waals surface area contributed by atoms with E-state index in [2.05, 4.69) is 220 Å². The van der Waals surface area contributed by atoms with Crippen LogP contribution in [0.1, 0.15) is 0 Å². The van der Waals surface area contributed by atoms with Crippen molar-refractivity contribution >= 4 is 82.6 Å². The molecule has 0 fully saturated rings. The summed E-state index contributed by atoms with van der Waals surface area (Å²) in [5.41, 5.74) is 14.3. The zero-order valence-electron chi connectivity index (χ0n) is 31.5. The quantitative estimate of drug-likeness (QED) is 0.170. The number of rotatable bonds is 6. The predicted octanol–water partition coefficient (Wildman–Crippen LogP) is 14.9. The van der Waals surface area contributed by atoms with Gasteiger partial charge in [0.05, 0.1) is 33.1 Å². The Morgan fingerprint density at radius 2 is 0.810 bits per heavy atom. The van der Waals surface area contributed by atoms with Crippen LogP contribution in [0.2, 0.25) is 0 Å². The van der Waals surface area contributed by atoms with Gasteiger partial charge in [-0.25, -0.2) is 0 Å². The second kappa shape index (κ2) is 12.9. The Hall–Kier alpha value is -7.82. The lowest BCUT2D eigenvalue weighted by Crippen LogP contribution is -2.10. The maximum atomic E-state index is 6.43. The number of aromatic nitrogens is 2. The third kappa shape index (κ3) is 4.95. The average Bonchev–Trinajstić information content (AvgIpc) is 3.95. The third-order valence-electron chi connectivity index (χ3n) is 11.7. The molecule has 0 radical (unpaired) electrons. The molecule has 4 heteroatoms. The second-order valence-corrected chi connectivity index (χ2v) is 14.9. The lowest BCUT2D eigenvalue weighted by molar-refractivity contribution is 0.669. The molecule has 0 N–H and O–H groups in total. The van der Waals surface area contributed by atoms with Crippen LogP contribution < -0.4 is 4.90 Å². The molecule has 0 aliphatic rings. The largest absolute Gasteiger partial charge is 0.456 e. The van der Waals surface area contributed by atoms with Gasteiger partial charge in [-0.2, -0.15) is 0 Å². The average molecular weight is 742 g/mol. The molecule has 3 heterocycles. The molecule has 0 bridgehead atoms. The Morgan fingerprint density at radius 1 is 0.328 bits per heavy atom. The van der Waals surface area contributed by atoms with Crippen LogP contribution in [0.15, 0.2) is 217 Å². The molecule has 12 aromatic rings. The highest BCUT2D eigenvalue weighted by Crippen LogP contribution is 2.45. The van der Waals surface area contributed by atoms with Gasteiger partial charge in [-0.1, -0.05) is 127 Å². The van der Waals surface area contributed by atoms with Crippen molar-refractivity contribution in [2.75, 3.05) is 4.90 Å². The fraction of sp³-hybridized carbons (Fsp3) is 0. The first kappa shape index (κ1) is 32.4. The molecule has 0 aliphatic heterocycles. The summed E-state index contributed by atoms with van der Waals surface area (Å²) in [6.45, 7) is 0. The van der Waals surface area contributed by atoms with Crippen LogP contribution in [0.5, 0.6) is 0 Å². The van der Waals surface area contributed by atoms with Gasteiger partial charge in [0, 0.05) is 49.7 Å². The van der Waals surface area contributed by atoms with Crippen molar-refractivity contribution in [1.82, 2.24) is 9.13 Å². The van der Waals surface area contributed by atoms with Crippen LogP contribution in [0.4, 0.5) is 17.1 Å². The van der Waals surface area contributed by atoms with E-state index < -0.39 is 0 Å². The molecule has 58 heavy (non-hydrogen) atoms. The predicted molar refractivity (Wildman–Crippen MR) is 243 cm³/mol. The first-order chi connectivity index (χ1) is 28.8. The molecule has 0 spiro atoms. The standard InChI is InChI=1S/C54H35N3O/c1-2-13-38(14-3-1)57-49-21-10-6-17-44(49)45-34-33-41(35-51(45)57)55(50-22-12-24-53-54(50)46-18-7-11-23-52(46)58-53)39-29-25-36(26-30-39)37-27-31-40(32-28-37)56-47-19-8-4-15-42(47)43-16-5-9-20-48(43)56/h1-35H. The van der Waals surface area contributed by atoms with E-state index in [9.17, 15) is 0 Å². The van der Waals surface area contributed by atoms with Gasteiger partial charge in [-0.05, 0) is 96.1 Å². The lowest BCUT2D eigenvalue weighted by Gasteiger charge is -2.27. The molecule has 9 aromatic carbocycles. The van der Waals surface area contributed by atoms with Crippen LogP contribution >= 0.6 is 0 Å². The smallest absolute Gasteiger partial charge is 0.137 e. The number of fused-ring (bicyclic) bond motifs is 9. The summed E-state index contributed by atoms with van der Waals surface area (Å²) in [5, 5.41) is 7.17. The minimum Gasteiger partial charge on any atom is -0.456 e. The van der Waals surface area contributed by atoms with Crippen molar-refractivity contribution in [1.29, 1.82) is 0 Å². The maximum absolute atomic E-state index is 6.43. The van der Waals surface area contributed by atoms with Gasteiger partial charge in [-0.3, -0.25) is 0 Å². The summed E-state index contributed by atoms with van der Waals surface area (Å²) in [7, 11) is 0. The number of anilines is 3. The zero-order chi connectivity index (χ0) is 38.2. The first-order valence-corrected chi connectivity index (χ1v) is 19.8. The molecule has 0 saturated carbocycles. The lowest BCUT2D eigenvalue weighted by atomic mass is 10.0. The van der Waals surface area contributed by atoms with Gasteiger partial charge in [-0.15, -0.1) is 0 Å².